The van der Waals surface area contributed by atoms with Crippen molar-refractivity contribution >= 4 is 38.5 Å². The Bertz CT molecular complexity index is 1180. The van der Waals surface area contributed by atoms with Crippen LogP contribution in [0.15, 0.2) is 48.5 Å². The topological polar surface area (TPSA) is 68.8 Å². The van der Waals surface area contributed by atoms with E-state index in [1.54, 1.807) is 11.3 Å². The van der Waals surface area contributed by atoms with E-state index >= 15 is 0 Å². The van der Waals surface area contributed by atoms with Gasteiger partial charge in [-0.1, -0.05) is 53.8 Å². The summed E-state index contributed by atoms with van der Waals surface area (Å²) in [7, 11) is 0. The van der Waals surface area contributed by atoms with Crippen LogP contribution in [0, 0.1) is 6.92 Å². The van der Waals surface area contributed by atoms with Crippen LogP contribution < -0.4 is 10.2 Å². The Morgan fingerprint density at radius 1 is 1.09 bits per heavy atom. The van der Waals surface area contributed by atoms with E-state index in [4.69, 9.17) is 4.98 Å². The van der Waals surface area contributed by atoms with Crippen molar-refractivity contribution in [1.82, 2.24) is 20.1 Å². The molecule has 1 unspecified atom stereocenters. The molecule has 1 aliphatic carbocycles. The second-order valence-corrected chi connectivity index (χ2v) is 10.7. The molecule has 184 valence electrons. The van der Waals surface area contributed by atoms with Gasteiger partial charge in [-0.25, -0.2) is 4.98 Å². The number of aromatic nitrogens is 1. The summed E-state index contributed by atoms with van der Waals surface area (Å²) in [5.41, 5.74) is 3.16. The molecule has 0 spiro atoms. The van der Waals surface area contributed by atoms with Crippen LogP contribution in [0.25, 0.3) is 10.2 Å². The Balaban J connectivity index is 1.26. The zero-order valence-electron chi connectivity index (χ0n) is 20.4. The van der Waals surface area contributed by atoms with E-state index in [-0.39, 0.29) is 17.9 Å². The monoisotopic (exact) mass is 491 g/mol. The van der Waals surface area contributed by atoms with Gasteiger partial charge < -0.3 is 5.32 Å². The molecule has 1 saturated heterocycles. The van der Waals surface area contributed by atoms with Gasteiger partial charge in [0.2, 0.25) is 11.8 Å². The van der Waals surface area contributed by atoms with Gasteiger partial charge in [-0.3, -0.25) is 24.3 Å². The molecule has 2 amide bonds. The van der Waals surface area contributed by atoms with Crippen LogP contribution in [0.5, 0.6) is 0 Å². The first kappa shape index (κ1) is 23.9. The van der Waals surface area contributed by atoms with Crippen molar-refractivity contribution in [3.63, 3.8) is 0 Å². The highest BCUT2D eigenvalue weighted by atomic mass is 32.1. The molecule has 5 rings (SSSR count). The van der Waals surface area contributed by atoms with Crippen molar-refractivity contribution in [3.8, 4) is 0 Å². The number of hydrogen-bond donors (Lipinski definition) is 1. The first-order chi connectivity index (χ1) is 17.0. The lowest BCUT2D eigenvalue weighted by molar-refractivity contribution is -0.127. The van der Waals surface area contributed by atoms with E-state index in [0.29, 0.717) is 19.1 Å². The van der Waals surface area contributed by atoms with E-state index in [1.807, 2.05) is 48.2 Å². The summed E-state index contributed by atoms with van der Waals surface area (Å²) < 4.78 is 1.10. The zero-order chi connectivity index (χ0) is 24.4. The number of fused-ring (bicyclic) bond motifs is 1. The van der Waals surface area contributed by atoms with Crippen LogP contribution in [0.1, 0.15) is 30.9 Å². The van der Waals surface area contributed by atoms with E-state index < -0.39 is 0 Å². The first-order valence-electron chi connectivity index (χ1n) is 12.4. The van der Waals surface area contributed by atoms with Gasteiger partial charge in [-0.2, -0.15) is 0 Å². The van der Waals surface area contributed by atoms with Gasteiger partial charge in [0.25, 0.3) is 0 Å². The molecule has 7 nitrogen and oxygen atoms in total. The Labute approximate surface area is 210 Å². The Kier molecular flexibility index (Phi) is 7.13. The fourth-order valence-corrected chi connectivity index (χ4v) is 5.58. The van der Waals surface area contributed by atoms with Crippen LogP contribution >= 0.6 is 11.3 Å². The smallest absolute Gasteiger partial charge is 0.243 e. The third-order valence-electron chi connectivity index (χ3n) is 6.94. The summed E-state index contributed by atoms with van der Waals surface area (Å²) in [6.07, 6.45) is 2.20. The van der Waals surface area contributed by atoms with Gasteiger partial charge in [0.05, 0.1) is 29.3 Å². The molecule has 2 heterocycles. The highest BCUT2D eigenvalue weighted by molar-refractivity contribution is 7.22. The summed E-state index contributed by atoms with van der Waals surface area (Å²) in [4.78, 5) is 37.1. The second-order valence-electron chi connectivity index (χ2n) is 9.65. The van der Waals surface area contributed by atoms with Crippen LogP contribution in [-0.2, 0) is 16.1 Å². The number of nitrogens with one attached hydrogen (secondary N) is 1. The minimum Gasteiger partial charge on any atom is -0.352 e. The molecular weight excluding hydrogens is 458 g/mol. The largest absolute Gasteiger partial charge is 0.352 e. The molecule has 2 aliphatic rings. The SMILES string of the molecule is Cc1cccc2sc(N(Cc3ccccc3)C(=O)CN3CCN(C(C)C(=O)NC4CC4)CC3)nc12. The molecule has 0 radical (unpaired) electrons. The minimum atomic E-state index is -0.131. The molecule has 35 heavy (non-hydrogen) atoms. The number of carbonyl (C=O) groups excluding carboxylic acids is 2. The number of benzene rings is 2. The Hall–Kier alpha value is -2.81. The maximum Gasteiger partial charge on any atom is 0.243 e. The minimum absolute atomic E-state index is 0.0542. The van der Waals surface area contributed by atoms with E-state index in [1.165, 1.54) is 0 Å². The van der Waals surface area contributed by atoms with Gasteiger partial charge >= 0.3 is 0 Å². The fraction of sp³-hybridized carbons (Fsp3) is 0.444. The number of carbonyl (C=O) groups is 2. The van der Waals surface area contributed by atoms with Crippen molar-refractivity contribution in [2.24, 2.45) is 0 Å². The summed E-state index contributed by atoms with van der Waals surface area (Å²) in [5.74, 6) is 0.177. The lowest BCUT2D eigenvalue weighted by atomic mass is 10.2. The van der Waals surface area contributed by atoms with Crippen LogP contribution in [0.2, 0.25) is 0 Å². The number of anilines is 1. The third-order valence-corrected chi connectivity index (χ3v) is 7.99. The first-order valence-corrected chi connectivity index (χ1v) is 13.3. The number of hydrogen-bond acceptors (Lipinski definition) is 6. The van der Waals surface area contributed by atoms with E-state index in [9.17, 15) is 9.59 Å². The van der Waals surface area contributed by atoms with Crippen molar-refractivity contribution in [2.75, 3.05) is 37.6 Å². The number of para-hydroxylation sites is 1. The summed E-state index contributed by atoms with van der Waals surface area (Å²) in [6, 6.07) is 16.5. The molecular formula is C27H33N5O2S. The Morgan fingerprint density at radius 2 is 1.83 bits per heavy atom. The lowest BCUT2D eigenvalue weighted by Crippen LogP contribution is -2.55. The summed E-state index contributed by atoms with van der Waals surface area (Å²) in [6.45, 7) is 7.98. The number of rotatable bonds is 8. The average molecular weight is 492 g/mol. The van der Waals surface area contributed by atoms with Crippen molar-refractivity contribution in [1.29, 1.82) is 0 Å². The number of nitrogens with zero attached hydrogens (tertiary/aromatic N) is 4. The quantitative estimate of drug-likeness (QED) is 0.523. The van der Waals surface area contributed by atoms with Gasteiger partial charge in [0.1, 0.15) is 0 Å². The predicted octanol–water partition coefficient (Wildman–Crippen LogP) is 3.42. The number of aryl methyl sites for hydroxylation is 1. The molecule has 1 aromatic heterocycles. The lowest BCUT2D eigenvalue weighted by Gasteiger charge is -2.37. The maximum atomic E-state index is 13.6. The molecule has 1 atom stereocenters. The van der Waals surface area contributed by atoms with E-state index in [2.05, 4.69) is 34.2 Å². The average Bonchev–Trinajstić information content (AvgIpc) is 3.57. The number of amides is 2. The molecule has 8 heteroatoms. The van der Waals surface area contributed by atoms with Gasteiger partial charge in [-0.15, -0.1) is 0 Å². The third kappa shape index (κ3) is 5.72. The van der Waals surface area contributed by atoms with E-state index in [0.717, 1.165) is 65.5 Å². The number of piperazine rings is 1. The zero-order valence-corrected chi connectivity index (χ0v) is 21.3. The van der Waals surface area contributed by atoms with Crippen molar-refractivity contribution in [2.45, 2.75) is 45.3 Å². The molecule has 2 aromatic carbocycles. The van der Waals surface area contributed by atoms with Gasteiger partial charge in [-0.05, 0) is 43.9 Å². The molecule has 2 fully saturated rings. The predicted molar refractivity (Wildman–Crippen MR) is 141 cm³/mol. The fourth-order valence-electron chi connectivity index (χ4n) is 4.52. The Morgan fingerprint density at radius 3 is 2.51 bits per heavy atom. The maximum absolute atomic E-state index is 13.6. The van der Waals surface area contributed by atoms with Gasteiger partial charge in [0, 0.05) is 32.2 Å². The molecule has 1 saturated carbocycles. The van der Waals surface area contributed by atoms with Gasteiger partial charge in [0.15, 0.2) is 5.13 Å². The van der Waals surface area contributed by atoms with Crippen molar-refractivity contribution < 1.29 is 9.59 Å². The summed E-state index contributed by atoms with van der Waals surface area (Å²) in [5, 5.41) is 3.85. The second kappa shape index (κ2) is 10.4. The summed E-state index contributed by atoms with van der Waals surface area (Å²) >= 11 is 1.57. The van der Waals surface area contributed by atoms with Crippen LogP contribution in [-0.4, -0.2) is 71.4 Å². The standard InChI is InChI=1S/C27H33N5O2S/c1-19-7-6-10-23-25(19)29-27(35-23)32(17-21-8-4-3-5-9-21)24(33)18-30-13-15-31(16-14-30)20(2)26(34)28-22-11-12-22/h3-10,20,22H,11-18H2,1-2H3,(H,28,34). The molecule has 3 aromatic rings. The number of thiazole rings is 1. The molecule has 1 N–H and O–H groups in total. The highest BCUT2D eigenvalue weighted by Crippen LogP contribution is 2.31. The molecule has 1 aliphatic heterocycles. The van der Waals surface area contributed by atoms with Crippen molar-refractivity contribution in [3.05, 3.63) is 59.7 Å². The van der Waals surface area contributed by atoms with Crippen LogP contribution in [0.4, 0.5) is 5.13 Å². The normalized spacial score (nSPS) is 17.9. The van der Waals surface area contributed by atoms with Crippen LogP contribution in [0.3, 0.4) is 0 Å². The highest BCUT2D eigenvalue weighted by Gasteiger charge is 2.31. The molecule has 0 bridgehead atoms.